The van der Waals surface area contributed by atoms with Crippen molar-refractivity contribution in [3.63, 3.8) is 0 Å². The molecular formula is C13H16ClN3O. The number of imidazole rings is 1. The average molecular weight is 266 g/mol. The minimum atomic E-state index is 0.696. The van der Waals surface area contributed by atoms with Crippen LogP contribution in [0.1, 0.15) is 5.82 Å². The summed E-state index contributed by atoms with van der Waals surface area (Å²) in [5, 5.41) is 3.96. The standard InChI is InChI=1S/C13H16ClN3O/c1-18-6-5-15-9-13-16-8-12(17-13)10-3-2-4-11(14)7-10/h2-4,7-8,15H,5-6,9H2,1H3,(H,16,17). The summed E-state index contributed by atoms with van der Waals surface area (Å²) in [5.41, 5.74) is 2.01. The van der Waals surface area contributed by atoms with Gasteiger partial charge in [0.25, 0.3) is 0 Å². The Labute approximate surface area is 111 Å². The average Bonchev–Trinajstić information content (AvgIpc) is 2.83. The topological polar surface area (TPSA) is 49.9 Å². The number of nitrogens with one attached hydrogen (secondary N) is 2. The van der Waals surface area contributed by atoms with Gasteiger partial charge in [-0.2, -0.15) is 0 Å². The summed E-state index contributed by atoms with van der Waals surface area (Å²) in [5.74, 6) is 0.904. The second-order valence-corrected chi connectivity index (χ2v) is 4.36. The van der Waals surface area contributed by atoms with Crippen LogP contribution in [-0.2, 0) is 11.3 Å². The van der Waals surface area contributed by atoms with Crippen LogP contribution in [0.25, 0.3) is 11.3 Å². The molecule has 18 heavy (non-hydrogen) atoms. The highest BCUT2D eigenvalue weighted by Crippen LogP contribution is 2.20. The van der Waals surface area contributed by atoms with E-state index in [-0.39, 0.29) is 0 Å². The van der Waals surface area contributed by atoms with Gasteiger partial charge in [-0.15, -0.1) is 0 Å². The van der Waals surface area contributed by atoms with E-state index in [1.807, 2.05) is 30.5 Å². The van der Waals surface area contributed by atoms with Crippen LogP contribution in [0.3, 0.4) is 0 Å². The van der Waals surface area contributed by atoms with Crippen LogP contribution in [-0.4, -0.2) is 30.2 Å². The Morgan fingerprint density at radius 3 is 3.11 bits per heavy atom. The Bertz CT molecular complexity index is 498. The molecule has 0 unspecified atom stereocenters. The van der Waals surface area contributed by atoms with Crippen molar-refractivity contribution in [1.29, 1.82) is 0 Å². The van der Waals surface area contributed by atoms with Crippen LogP contribution in [0, 0.1) is 0 Å². The summed E-state index contributed by atoms with van der Waals surface area (Å²) in [6.45, 7) is 2.20. The van der Waals surface area contributed by atoms with E-state index >= 15 is 0 Å². The second-order valence-electron chi connectivity index (χ2n) is 3.92. The van der Waals surface area contributed by atoms with E-state index in [2.05, 4.69) is 15.3 Å². The Kier molecular flexibility index (Phi) is 4.75. The lowest BCUT2D eigenvalue weighted by atomic mass is 10.2. The third-order valence-electron chi connectivity index (χ3n) is 2.54. The minimum absolute atomic E-state index is 0.696. The first-order valence-corrected chi connectivity index (χ1v) is 6.17. The number of aromatic amines is 1. The van der Waals surface area contributed by atoms with Crippen molar-refractivity contribution in [3.8, 4) is 11.3 Å². The van der Waals surface area contributed by atoms with Crippen LogP contribution < -0.4 is 5.32 Å². The molecule has 1 aromatic heterocycles. The molecule has 96 valence electrons. The van der Waals surface area contributed by atoms with E-state index in [9.17, 15) is 0 Å². The van der Waals surface area contributed by atoms with E-state index < -0.39 is 0 Å². The molecule has 0 radical (unpaired) electrons. The summed E-state index contributed by atoms with van der Waals surface area (Å²) < 4.78 is 4.96. The lowest BCUT2D eigenvalue weighted by Gasteiger charge is -2.01. The molecule has 0 saturated heterocycles. The molecular weight excluding hydrogens is 250 g/mol. The van der Waals surface area contributed by atoms with Crippen molar-refractivity contribution in [2.24, 2.45) is 0 Å². The zero-order chi connectivity index (χ0) is 12.8. The normalized spacial score (nSPS) is 10.8. The highest BCUT2D eigenvalue weighted by molar-refractivity contribution is 6.30. The fraction of sp³-hybridized carbons (Fsp3) is 0.308. The smallest absolute Gasteiger partial charge is 0.120 e. The van der Waals surface area contributed by atoms with E-state index in [0.29, 0.717) is 13.2 Å². The number of nitrogens with zero attached hydrogens (tertiary/aromatic N) is 1. The summed E-state index contributed by atoms with van der Waals surface area (Å²) in [6, 6.07) is 7.70. The molecule has 4 nitrogen and oxygen atoms in total. The highest BCUT2D eigenvalue weighted by Gasteiger charge is 2.03. The number of benzene rings is 1. The van der Waals surface area contributed by atoms with Crippen molar-refractivity contribution >= 4 is 11.6 Å². The lowest BCUT2D eigenvalue weighted by Crippen LogP contribution is -2.19. The Balaban J connectivity index is 1.97. The number of methoxy groups -OCH3 is 1. The largest absolute Gasteiger partial charge is 0.383 e. The Morgan fingerprint density at radius 1 is 1.44 bits per heavy atom. The van der Waals surface area contributed by atoms with Gasteiger partial charge in [-0.3, -0.25) is 0 Å². The second kappa shape index (κ2) is 6.54. The summed E-state index contributed by atoms with van der Waals surface area (Å²) in [6.07, 6.45) is 1.82. The maximum atomic E-state index is 5.96. The molecule has 1 heterocycles. The maximum absolute atomic E-state index is 5.96. The van der Waals surface area contributed by atoms with Gasteiger partial charge in [0, 0.05) is 24.2 Å². The van der Waals surface area contributed by atoms with Crippen molar-refractivity contribution < 1.29 is 4.74 Å². The molecule has 0 fully saturated rings. The molecule has 1 aromatic carbocycles. The fourth-order valence-corrected chi connectivity index (χ4v) is 1.83. The molecule has 0 aliphatic heterocycles. The third kappa shape index (κ3) is 3.57. The summed E-state index contributed by atoms with van der Waals surface area (Å²) in [7, 11) is 1.69. The van der Waals surface area contributed by atoms with Gasteiger partial charge in [0.15, 0.2) is 0 Å². The van der Waals surface area contributed by atoms with Gasteiger partial charge in [0.2, 0.25) is 0 Å². The van der Waals surface area contributed by atoms with E-state index in [1.165, 1.54) is 0 Å². The van der Waals surface area contributed by atoms with Crippen molar-refractivity contribution in [3.05, 3.63) is 41.3 Å². The summed E-state index contributed by atoms with van der Waals surface area (Å²) >= 11 is 5.96. The molecule has 0 atom stereocenters. The minimum Gasteiger partial charge on any atom is -0.383 e. The molecule has 0 saturated carbocycles. The summed E-state index contributed by atoms with van der Waals surface area (Å²) in [4.78, 5) is 7.58. The Hall–Kier alpha value is -1.36. The number of aromatic nitrogens is 2. The van der Waals surface area contributed by atoms with E-state index in [1.54, 1.807) is 7.11 Å². The molecule has 0 bridgehead atoms. The van der Waals surface area contributed by atoms with Crippen LogP contribution in [0.2, 0.25) is 5.02 Å². The van der Waals surface area contributed by atoms with Gasteiger partial charge in [0.1, 0.15) is 5.82 Å². The van der Waals surface area contributed by atoms with Gasteiger partial charge in [-0.05, 0) is 12.1 Å². The number of hydrogen-bond acceptors (Lipinski definition) is 3. The molecule has 2 aromatic rings. The van der Waals surface area contributed by atoms with Crippen LogP contribution >= 0.6 is 11.6 Å². The maximum Gasteiger partial charge on any atom is 0.120 e. The first kappa shape index (κ1) is 13.1. The van der Waals surface area contributed by atoms with Crippen molar-refractivity contribution in [2.45, 2.75) is 6.54 Å². The van der Waals surface area contributed by atoms with Gasteiger partial charge >= 0.3 is 0 Å². The van der Waals surface area contributed by atoms with Gasteiger partial charge < -0.3 is 15.0 Å². The first-order valence-electron chi connectivity index (χ1n) is 5.79. The fourth-order valence-electron chi connectivity index (χ4n) is 1.64. The van der Waals surface area contributed by atoms with Crippen LogP contribution in [0.15, 0.2) is 30.5 Å². The SMILES string of the molecule is COCCNCc1ncc(-c2cccc(Cl)c2)[nH]1. The van der Waals surface area contributed by atoms with Crippen molar-refractivity contribution in [2.75, 3.05) is 20.3 Å². The Morgan fingerprint density at radius 2 is 2.33 bits per heavy atom. The number of H-pyrrole nitrogens is 1. The van der Waals surface area contributed by atoms with E-state index in [0.717, 1.165) is 28.6 Å². The van der Waals surface area contributed by atoms with E-state index in [4.69, 9.17) is 16.3 Å². The lowest BCUT2D eigenvalue weighted by molar-refractivity contribution is 0.199. The number of halogens is 1. The number of ether oxygens (including phenoxy) is 1. The van der Waals surface area contributed by atoms with Crippen molar-refractivity contribution in [1.82, 2.24) is 15.3 Å². The van der Waals surface area contributed by atoms with Crippen LogP contribution in [0.4, 0.5) is 0 Å². The molecule has 5 heteroatoms. The van der Waals surface area contributed by atoms with Gasteiger partial charge in [-0.1, -0.05) is 23.7 Å². The molecule has 0 aliphatic carbocycles. The molecule has 2 rings (SSSR count). The quantitative estimate of drug-likeness (QED) is 0.789. The zero-order valence-corrected chi connectivity index (χ0v) is 11.0. The highest BCUT2D eigenvalue weighted by atomic mass is 35.5. The molecule has 2 N–H and O–H groups in total. The predicted octanol–water partition coefficient (Wildman–Crippen LogP) is 2.47. The third-order valence-corrected chi connectivity index (χ3v) is 2.77. The number of hydrogen-bond donors (Lipinski definition) is 2. The molecule has 0 amide bonds. The zero-order valence-electron chi connectivity index (χ0n) is 10.2. The predicted molar refractivity (Wildman–Crippen MR) is 72.6 cm³/mol. The number of rotatable bonds is 6. The van der Waals surface area contributed by atoms with Crippen LogP contribution in [0.5, 0.6) is 0 Å². The molecule has 0 spiro atoms. The monoisotopic (exact) mass is 265 g/mol. The first-order chi connectivity index (χ1) is 8.79. The van der Waals surface area contributed by atoms with Gasteiger partial charge in [-0.25, -0.2) is 4.98 Å². The van der Waals surface area contributed by atoms with Gasteiger partial charge in [0.05, 0.1) is 25.0 Å². The molecule has 0 aliphatic rings.